The Hall–Kier alpha value is -2.08. The van der Waals surface area contributed by atoms with Crippen LogP contribution in [0, 0.1) is 0 Å². The van der Waals surface area contributed by atoms with Crippen molar-refractivity contribution >= 4 is 17.5 Å². The van der Waals surface area contributed by atoms with Gasteiger partial charge in [-0.15, -0.1) is 0 Å². The predicted octanol–water partition coefficient (Wildman–Crippen LogP) is 1.17. The number of methoxy groups -OCH3 is 1. The summed E-state index contributed by atoms with van der Waals surface area (Å²) in [6, 6.07) is 6.83. The van der Waals surface area contributed by atoms with Gasteiger partial charge < -0.3 is 20.1 Å². The zero-order chi connectivity index (χ0) is 15.0. The monoisotopic (exact) mass is 280 g/mol. The van der Waals surface area contributed by atoms with Crippen molar-refractivity contribution in [3.63, 3.8) is 0 Å². The number of benzene rings is 1. The van der Waals surface area contributed by atoms with Crippen molar-refractivity contribution in [3.8, 4) is 5.75 Å². The molecule has 0 aliphatic heterocycles. The summed E-state index contributed by atoms with van der Waals surface area (Å²) in [5.74, 6) is -0.689. The number of nitrogens with one attached hydrogen (secondary N) is 2. The van der Waals surface area contributed by atoms with Gasteiger partial charge in [0.15, 0.2) is 0 Å². The minimum atomic E-state index is -0.710. The summed E-state index contributed by atoms with van der Waals surface area (Å²) in [5.41, 5.74) is 0.535. The quantitative estimate of drug-likeness (QED) is 0.606. The smallest absolute Gasteiger partial charge is 0.313 e. The van der Waals surface area contributed by atoms with Crippen LogP contribution >= 0.6 is 0 Å². The molecule has 0 radical (unpaired) electrons. The van der Waals surface area contributed by atoms with E-state index in [1.807, 2.05) is 13.8 Å². The van der Waals surface area contributed by atoms with Gasteiger partial charge in [-0.3, -0.25) is 9.59 Å². The molecule has 2 N–H and O–H groups in total. The molecule has 0 saturated heterocycles. The lowest BCUT2D eigenvalue weighted by Crippen LogP contribution is -2.37. The Labute approximate surface area is 118 Å². The van der Waals surface area contributed by atoms with E-state index in [4.69, 9.17) is 9.47 Å². The highest BCUT2D eigenvalue weighted by Gasteiger charge is 2.12. The molecule has 0 aromatic heterocycles. The van der Waals surface area contributed by atoms with Crippen molar-refractivity contribution in [2.75, 3.05) is 25.6 Å². The highest BCUT2D eigenvalue weighted by atomic mass is 16.5. The van der Waals surface area contributed by atoms with Crippen molar-refractivity contribution in [2.45, 2.75) is 20.0 Å². The Balaban J connectivity index is 2.47. The second-order valence-electron chi connectivity index (χ2n) is 4.39. The number of hydrogen-bond acceptors (Lipinski definition) is 4. The Morgan fingerprint density at radius 1 is 1.15 bits per heavy atom. The SMILES string of the molecule is COCCNC(=O)C(=O)Nc1ccc(OC(C)C)cc1. The second kappa shape index (κ2) is 8.16. The molecule has 0 aliphatic rings. The highest BCUT2D eigenvalue weighted by molar-refractivity contribution is 6.39. The molecule has 110 valence electrons. The van der Waals surface area contributed by atoms with Crippen LogP contribution in [0.15, 0.2) is 24.3 Å². The standard InChI is InChI=1S/C14H20N2O4/c1-10(2)20-12-6-4-11(5-7-12)16-14(18)13(17)15-8-9-19-3/h4-7,10H,8-9H2,1-3H3,(H,15,17)(H,16,18). The number of ether oxygens (including phenoxy) is 2. The van der Waals surface area contributed by atoms with Gasteiger partial charge in [0.05, 0.1) is 12.7 Å². The molecule has 20 heavy (non-hydrogen) atoms. The summed E-state index contributed by atoms with van der Waals surface area (Å²) in [6.07, 6.45) is 0.0852. The number of hydrogen-bond donors (Lipinski definition) is 2. The molecular weight excluding hydrogens is 260 g/mol. The maximum atomic E-state index is 11.6. The van der Waals surface area contributed by atoms with Crippen LogP contribution < -0.4 is 15.4 Å². The first-order valence-corrected chi connectivity index (χ1v) is 6.37. The predicted molar refractivity (Wildman–Crippen MR) is 75.7 cm³/mol. The van der Waals surface area contributed by atoms with Crippen LogP contribution in [0.5, 0.6) is 5.75 Å². The van der Waals surface area contributed by atoms with Gasteiger partial charge in [0.25, 0.3) is 0 Å². The third kappa shape index (κ3) is 5.71. The van der Waals surface area contributed by atoms with Crippen molar-refractivity contribution in [2.24, 2.45) is 0 Å². The normalized spacial score (nSPS) is 10.2. The third-order valence-corrected chi connectivity index (χ3v) is 2.28. The minimum absolute atomic E-state index is 0.0852. The van der Waals surface area contributed by atoms with Crippen LogP contribution in [-0.4, -0.2) is 38.2 Å². The number of amides is 2. The van der Waals surface area contributed by atoms with E-state index in [1.165, 1.54) is 7.11 Å². The lowest BCUT2D eigenvalue weighted by molar-refractivity contribution is -0.136. The van der Waals surface area contributed by atoms with Crippen molar-refractivity contribution in [3.05, 3.63) is 24.3 Å². The number of rotatable bonds is 6. The number of carbonyl (C=O) groups excluding carboxylic acids is 2. The van der Waals surface area contributed by atoms with Crippen LogP contribution in [0.3, 0.4) is 0 Å². The molecule has 0 bridgehead atoms. The third-order valence-electron chi connectivity index (χ3n) is 2.28. The molecule has 0 saturated carbocycles. The fourth-order valence-electron chi connectivity index (χ4n) is 1.42. The fraction of sp³-hybridized carbons (Fsp3) is 0.429. The molecule has 0 unspecified atom stereocenters. The average Bonchev–Trinajstić information content (AvgIpc) is 2.40. The first-order valence-electron chi connectivity index (χ1n) is 6.37. The molecule has 2 amide bonds. The maximum absolute atomic E-state index is 11.6. The molecule has 0 spiro atoms. The topological polar surface area (TPSA) is 76.7 Å². The lowest BCUT2D eigenvalue weighted by Gasteiger charge is -2.10. The Bertz CT molecular complexity index is 443. The molecule has 6 heteroatoms. The van der Waals surface area contributed by atoms with E-state index < -0.39 is 11.8 Å². The summed E-state index contributed by atoms with van der Waals surface area (Å²) in [6.45, 7) is 4.52. The first-order chi connectivity index (χ1) is 9.52. The molecule has 0 fully saturated rings. The van der Waals surface area contributed by atoms with E-state index in [0.29, 0.717) is 24.6 Å². The molecule has 1 rings (SSSR count). The van der Waals surface area contributed by atoms with Crippen LogP contribution in [-0.2, 0) is 14.3 Å². The van der Waals surface area contributed by atoms with E-state index >= 15 is 0 Å². The molecule has 1 aromatic carbocycles. The minimum Gasteiger partial charge on any atom is -0.491 e. The fourth-order valence-corrected chi connectivity index (χ4v) is 1.42. The summed E-state index contributed by atoms with van der Waals surface area (Å²) in [7, 11) is 1.52. The Kier molecular flexibility index (Phi) is 6.52. The molecule has 1 aromatic rings. The Morgan fingerprint density at radius 2 is 1.80 bits per heavy atom. The van der Waals surface area contributed by atoms with Gasteiger partial charge in [0.1, 0.15) is 5.75 Å². The van der Waals surface area contributed by atoms with E-state index in [0.717, 1.165) is 0 Å². The molecular formula is C14H20N2O4. The van der Waals surface area contributed by atoms with Crippen LogP contribution in [0.4, 0.5) is 5.69 Å². The zero-order valence-electron chi connectivity index (χ0n) is 11.9. The van der Waals surface area contributed by atoms with Crippen LogP contribution in [0.2, 0.25) is 0 Å². The highest BCUT2D eigenvalue weighted by Crippen LogP contribution is 2.16. The average molecular weight is 280 g/mol. The van der Waals surface area contributed by atoms with E-state index in [2.05, 4.69) is 10.6 Å². The van der Waals surface area contributed by atoms with Gasteiger partial charge in [-0.25, -0.2) is 0 Å². The van der Waals surface area contributed by atoms with Crippen molar-refractivity contribution in [1.29, 1.82) is 0 Å². The van der Waals surface area contributed by atoms with Crippen LogP contribution in [0.25, 0.3) is 0 Å². The van der Waals surface area contributed by atoms with Gasteiger partial charge in [0.2, 0.25) is 0 Å². The van der Waals surface area contributed by atoms with Crippen molar-refractivity contribution in [1.82, 2.24) is 5.32 Å². The van der Waals surface area contributed by atoms with Gasteiger partial charge in [-0.2, -0.15) is 0 Å². The molecule has 0 atom stereocenters. The first kappa shape index (κ1) is 16.0. The summed E-state index contributed by atoms with van der Waals surface area (Å²) in [5, 5.41) is 4.94. The van der Waals surface area contributed by atoms with Crippen LogP contribution in [0.1, 0.15) is 13.8 Å². The summed E-state index contributed by atoms with van der Waals surface area (Å²) >= 11 is 0. The summed E-state index contributed by atoms with van der Waals surface area (Å²) < 4.78 is 10.3. The number of anilines is 1. The zero-order valence-corrected chi connectivity index (χ0v) is 11.9. The molecule has 0 aliphatic carbocycles. The van der Waals surface area contributed by atoms with E-state index in [-0.39, 0.29) is 6.10 Å². The maximum Gasteiger partial charge on any atom is 0.313 e. The Morgan fingerprint density at radius 3 is 2.35 bits per heavy atom. The van der Waals surface area contributed by atoms with E-state index in [1.54, 1.807) is 24.3 Å². The lowest BCUT2D eigenvalue weighted by atomic mass is 10.3. The van der Waals surface area contributed by atoms with Gasteiger partial charge in [0, 0.05) is 19.3 Å². The summed E-state index contributed by atoms with van der Waals surface area (Å²) in [4.78, 5) is 23.0. The van der Waals surface area contributed by atoms with Gasteiger partial charge >= 0.3 is 11.8 Å². The molecule has 0 heterocycles. The van der Waals surface area contributed by atoms with Gasteiger partial charge in [-0.1, -0.05) is 0 Å². The number of carbonyl (C=O) groups is 2. The van der Waals surface area contributed by atoms with Gasteiger partial charge in [-0.05, 0) is 38.1 Å². The van der Waals surface area contributed by atoms with Crippen molar-refractivity contribution < 1.29 is 19.1 Å². The largest absolute Gasteiger partial charge is 0.491 e. The molecule has 6 nitrogen and oxygen atoms in total. The second-order valence-corrected chi connectivity index (χ2v) is 4.39. The van der Waals surface area contributed by atoms with E-state index in [9.17, 15) is 9.59 Å².